The summed E-state index contributed by atoms with van der Waals surface area (Å²) in [7, 11) is -3.55. The molecule has 0 heterocycles. The second-order valence-corrected chi connectivity index (χ2v) is 7.61. The Balaban J connectivity index is 1.88. The molecule has 0 fully saturated rings. The van der Waals surface area contributed by atoms with Gasteiger partial charge in [-0.1, -0.05) is 34.9 Å². The molecule has 0 aromatic heterocycles. The Morgan fingerprint density at radius 2 is 1.46 bits per heavy atom. The van der Waals surface area contributed by atoms with Crippen LogP contribution < -0.4 is 10.0 Å². The average molecular weight is 346 g/mol. The van der Waals surface area contributed by atoms with Crippen LogP contribution in [0.25, 0.3) is 0 Å². The van der Waals surface area contributed by atoms with E-state index >= 15 is 0 Å². The van der Waals surface area contributed by atoms with Gasteiger partial charge in [-0.15, -0.1) is 0 Å². The number of hydrogen-bond donors (Lipinski definition) is 2. The van der Waals surface area contributed by atoms with Crippen LogP contribution in [-0.4, -0.2) is 27.4 Å². The van der Waals surface area contributed by atoms with Crippen LogP contribution in [0.2, 0.25) is 0 Å². The molecule has 0 aliphatic heterocycles. The van der Waals surface area contributed by atoms with Gasteiger partial charge >= 0.3 is 0 Å². The number of carbonyl (C=O) groups is 1. The molecule has 2 aromatic carbocycles. The number of rotatable bonds is 6. The van der Waals surface area contributed by atoms with Gasteiger partial charge in [0.05, 0.1) is 4.90 Å². The third-order valence-electron chi connectivity index (χ3n) is 3.52. The van der Waals surface area contributed by atoms with E-state index in [0.29, 0.717) is 5.56 Å². The number of carbonyl (C=O) groups excluding carboxylic acids is 1. The number of sulfonamides is 1. The zero-order valence-corrected chi connectivity index (χ0v) is 14.9. The van der Waals surface area contributed by atoms with Crippen molar-refractivity contribution in [3.8, 4) is 0 Å². The molecule has 0 bridgehead atoms. The topological polar surface area (TPSA) is 75.3 Å². The van der Waals surface area contributed by atoms with Crippen molar-refractivity contribution in [3.05, 3.63) is 64.7 Å². The van der Waals surface area contributed by atoms with E-state index in [1.165, 1.54) is 0 Å². The maximum absolute atomic E-state index is 12.1. The first kappa shape index (κ1) is 18.2. The fourth-order valence-electron chi connectivity index (χ4n) is 2.37. The molecule has 0 atom stereocenters. The molecule has 2 aromatic rings. The fourth-order valence-corrected chi connectivity index (χ4v) is 3.40. The molecule has 128 valence electrons. The largest absolute Gasteiger partial charge is 0.351 e. The fraction of sp³-hybridized carbons (Fsp3) is 0.278. The molecule has 0 spiro atoms. The zero-order valence-electron chi connectivity index (χ0n) is 14.1. The molecule has 5 nitrogen and oxygen atoms in total. The van der Waals surface area contributed by atoms with E-state index in [2.05, 4.69) is 10.0 Å². The summed E-state index contributed by atoms with van der Waals surface area (Å²) in [6, 6.07) is 12.2. The van der Waals surface area contributed by atoms with Crippen LogP contribution in [0.3, 0.4) is 0 Å². The van der Waals surface area contributed by atoms with Gasteiger partial charge in [0.25, 0.3) is 5.91 Å². The van der Waals surface area contributed by atoms with Gasteiger partial charge in [0.15, 0.2) is 0 Å². The molecule has 0 saturated heterocycles. The van der Waals surface area contributed by atoms with Crippen molar-refractivity contribution in [1.29, 1.82) is 0 Å². The number of amides is 1. The summed E-state index contributed by atoms with van der Waals surface area (Å²) < 4.78 is 26.7. The van der Waals surface area contributed by atoms with E-state index in [0.717, 1.165) is 16.7 Å². The summed E-state index contributed by atoms with van der Waals surface area (Å²) in [6.45, 7) is 6.11. The summed E-state index contributed by atoms with van der Waals surface area (Å²) >= 11 is 0. The Labute approximate surface area is 143 Å². The van der Waals surface area contributed by atoms with Gasteiger partial charge in [0.2, 0.25) is 10.0 Å². The minimum absolute atomic E-state index is 0.132. The standard InChI is InChI=1S/C18H22N2O3S/c1-13-4-6-17(7-5-13)24(22,23)20-9-8-19-18(21)16-11-14(2)10-15(3)12-16/h4-7,10-12,20H,8-9H2,1-3H3,(H,19,21). The summed E-state index contributed by atoms with van der Waals surface area (Å²) in [5.74, 6) is -0.212. The molecule has 24 heavy (non-hydrogen) atoms. The molecule has 2 rings (SSSR count). The van der Waals surface area contributed by atoms with Crippen molar-refractivity contribution in [2.75, 3.05) is 13.1 Å². The van der Waals surface area contributed by atoms with Crippen molar-refractivity contribution in [3.63, 3.8) is 0 Å². The number of hydrogen-bond acceptors (Lipinski definition) is 3. The maximum Gasteiger partial charge on any atom is 0.251 e. The maximum atomic E-state index is 12.1. The van der Waals surface area contributed by atoms with E-state index in [9.17, 15) is 13.2 Å². The highest BCUT2D eigenvalue weighted by Gasteiger charge is 2.13. The Hall–Kier alpha value is -2.18. The van der Waals surface area contributed by atoms with E-state index in [-0.39, 0.29) is 23.9 Å². The lowest BCUT2D eigenvalue weighted by Crippen LogP contribution is -2.34. The van der Waals surface area contributed by atoms with E-state index in [1.807, 2.05) is 26.8 Å². The van der Waals surface area contributed by atoms with Crippen molar-refractivity contribution >= 4 is 15.9 Å². The Morgan fingerprint density at radius 1 is 0.875 bits per heavy atom. The van der Waals surface area contributed by atoms with Crippen molar-refractivity contribution < 1.29 is 13.2 Å². The Morgan fingerprint density at radius 3 is 2.04 bits per heavy atom. The number of aryl methyl sites for hydroxylation is 3. The molecule has 0 aliphatic rings. The SMILES string of the molecule is Cc1ccc(S(=O)(=O)NCCNC(=O)c2cc(C)cc(C)c2)cc1. The molecule has 0 unspecified atom stereocenters. The minimum atomic E-state index is -3.55. The molecule has 6 heteroatoms. The third-order valence-corrected chi connectivity index (χ3v) is 4.99. The molecule has 0 radical (unpaired) electrons. The molecule has 1 amide bonds. The first-order chi connectivity index (χ1) is 11.3. The van der Waals surface area contributed by atoms with Crippen molar-refractivity contribution in [2.45, 2.75) is 25.7 Å². The van der Waals surface area contributed by atoms with Crippen LogP contribution in [0.1, 0.15) is 27.0 Å². The zero-order chi connectivity index (χ0) is 17.7. The predicted octanol–water partition coefficient (Wildman–Crippen LogP) is 2.32. The monoisotopic (exact) mass is 346 g/mol. The predicted molar refractivity (Wildman–Crippen MR) is 94.6 cm³/mol. The van der Waals surface area contributed by atoms with Crippen LogP contribution in [0.4, 0.5) is 0 Å². The average Bonchev–Trinajstić information content (AvgIpc) is 2.51. The Kier molecular flexibility index (Phi) is 5.75. The quantitative estimate of drug-likeness (QED) is 0.788. The molecular weight excluding hydrogens is 324 g/mol. The van der Waals surface area contributed by atoms with Crippen LogP contribution in [0, 0.1) is 20.8 Å². The second-order valence-electron chi connectivity index (χ2n) is 5.84. The Bertz CT molecular complexity index is 808. The summed E-state index contributed by atoms with van der Waals surface area (Å²) in [6.07, 6.45) is 0. The smallest absolute Gasteiger partial charge is 0.251 e. The summed E-state index contributed by atoms with van der Waals surface area (Å²) in [5, 5.41) is 2.72. The van der Waals surface area contributed by atoms with Crippen molar-refractivity contribution in [2.24, 2.45) is 0 Å². The van der Waals surface area contributed by atoms with E-state index in [4.69, 9.17) is 0 Å². The first-order valence-corrected chi connectivity index (χ1v) is 9.19. The number of benzene rings is 2. The highest BCUT2D eigenvalue weighted by molar-refractivity contribution is 7.89. The molecular formula is C18H22N2O3S. The van der Waals surface area contributed by atoms with Gasteiger partial charge < -0.3 is 5.32 Å². The van der Waals surface area contributed by atoms with Gasteiger partial charge in [0.1, 0.15) is 0 Å². The van der Waals surface area contributed by atoms with Crippen LogP contribution in [0.5, 0.6) is 0 Å². The van der Waals surface area contributed by atoms with Gasteiger partial charge in [-0.25, -0.2) is 13.1 Å². The molecule has 0 saturated carbocycles. The number of nitrogens with one attached hydrogen (secondary N) is 2. The summed E-state index contributed by atoms with van der Waals surface area (Å²) in [5.41, 5.74) is 3.60. The van der Waals surface area contributed by atoms with Crippen molar-refractivity contribution in [1.82, 2.24) is 10.0 Å². The van der Waals surface area contributed by atoms with Gasteiger partial charge in [0, 0.05) is 18.7 Å². The minimum Gasteiger partial charge on any atom is -0.351 e. The molecule has 0 aliphatic carbocycles. The lowest BCUT2D eigenvalue weighted by Gasteiger charge is -2.09. The van der Waals surface area contributed by atoms with Crippen LogP contribution in [-0.2, 0) is 10.0 Å². The van der Waals surface area contributed by atoms with E-state index < -0.39 is 10.0 Å². The third kappa shape index (κ3) is 4.91. The van der Waals surface area contributed by atoms with Crippen LogP contribution >= 0.6 is 0 Å². The van der Waals surface area contributed by atoms with Gasteiger partial charge in [-0.3, -0.25) is 4.79 Å². The lowest BCUT2D eigenvalue weighted by atomic mass is 10.1. The summed E-state index contributed by atoms with van der Waals surface area (Å²) in [4.78, 5) is 12.3. The molecule has 2 N–H and O–H groups in total. The normalized spacial score (nSPS) is 11.3. The first-order valence-electron chi connectivity index (χ1n) is 7.71. The highest BCUT2D eigenvalue weighted by Crippen LogP contribution is 2.10. The second kappa shape index (κ2) is 7.59. The lowest BCUT2D eigenvalue weighted by molar-refractivity contribution is 0.0954. The van der Waals surface area contributed by atoms with Gasteiger partial charge in [-0.2, -0.15) is 0 Å². The van der Waals surface area contributed by atoms with E-state index in [1.54, 1.807) is 36.4 Å². The highest BCUT2D eigenvalue weighted by atomic mass is 32.2. The van der Waals surface area contributed by atoms with Crippen LogP contribution in [0.15, 0.2) is 47.4 Å². The van der Waals surface area contributed by atoms with Gasteiger partial charge in [-0.05, 0) is 45.0 Å².